The van der Waals surface area contributed by atoms with Crippen molar-refractivity contribution in [3.05, 3.63) is 35.4 Å². The fourth-order valence-corrected chi connectivity index (χ4v) is 2.37. The number of carbonyl (C=O) groups is 3. The number of amides is 2. The van der Waals surface area contributed by atoms with Gasteiger partial charge in [0.1, 0.15) is 12.4 Å². The van der Waals surface area contributed by atoms with Crippen LogP contribution in [0.15, 0.2) is 29.8 Å². The minimum atomic E-state index is -0.598. The molecule has 0 aromatic heterocycles. The van der Waals surface area contributed by atoms with Crippen LogP contribution in [0.3, 0.4) is 0 Å². The summed E-state index contributed by atoms with van der Waals surface area (Å²) < 4.78 is 10.5. The Balaban J connectivity index is 1.47. The van der Waals surface area contributed by atoms with Crippen molar-refractivity contribution in [2.45, 2.75) is 18.9 Å². The van der Waals surface area contributed by atoms with Crippen LogP contribution in [-0.4, -0.2) is 55.5 Å². The lowest BCUT2D eigenvalue weighted by Crippen LogP contribution is -2.40. The molecule has 3 rings (SSSR count). The summed E-state index contributed by atoms with van der Waals surface area (Å²) in [6.45, 7) is -0.360. The van der Waals surface area contributed by atoms with Gasteiger partial charge in [-0.1, -0.05) is 18.2 Å². The van der Waals surface area contributed by atoms with Crippen molar-refractivity contribution >= 4 is 23.9 Å². The van der Waals surface area contributed by atoms with Gasteiger partial charge in [0, 0.05) is 18.7 Å². The van der Waals surface area contributed by atoms with Crippen molar-refractivity contribution < 1.29 is 23.9 Å². The molecule has 1 aromatic carbocycles. The Morgan fingerprint density at radius 2 is 2.04 bits per heavy atom. The molecule has 0 unspecified atom stereocenters. The molecule has 0 bridgehead atoms. The van der Waals surface area contributed by atoms with Crippen LogP contribution >= 0.6 is 0 Å². The second-order valence-electron chi connectivity index (χ2n) is 6.16. The summed E-state index contributed by atoms with van der Waals surface area (Å²) in [4.78, 5) is 37.0. The lowest BCUT2D eigenvalue weighted by Gasteiger charge is -2.18. The number of nitrogens with zero attached hydrogens (tertiary/aromatic N) is 1. The van der Waals surface area contributed by atoms with Gasteiger partial charge < -0.3 is 19.7 Å². The van der Waals surface area contributed by atoms with Crippen LogP contribution in [0.4, 0.5) is 0 Å². The number of benzene rings is 1. The Kier molecular flexibility index (Phi) is 5.02. The molecular weight excluding hydrogens is 324 g/mol. The highest BCUT2D eigenvalue weighted by Crippen LogP contribution is 2.26. The Morgan fingerprint density at radius 1 is 1.28 bits per heavy atom. The average Bonchev–Trinajstić information content (AvgIpc) is 3.42. The second-order valence-corrected chi connectivity index (χ2v) is 6.16. The predicted molar refractivity (Wildman–Crippen MR) is 89.7 cm³/mol. The smallest absolute Gasteiger partial charge is 0.338 e. The molecule has 1 heterocycles. The molecular formula is C18H20N2O5. The van der Waals surface area contributed by atoms with E-state index in [-0.39, 0.29) is 25.1 Å². The van der Waals surface area contributed by atoms with E-state index in [4.69, 9.17) is 9.47 Å². The highest BCUT2D eigenvalue weighted by molar-refractivity contribution is 5.96. The van der Waals surface area contributed by atoms with Gasteiger partial charge in [0.15, 0.2) is 6.61 Å². The molecule has 1 fully saturated rings. The van der Waals surface area contributed by atoms with Gasteiger partial charge in [-0.15, -0.1) is 0 Å². The molecule has 25 heavy (non-hydrogen) atoms. The zero-order valence-electron chi connectivity index (χ0n) is 14.0. The fraction of sp³-hybridized carbons (Fsp3) is 0.389. The van der Waals surface area contributed by atoms with Crippen molar-refractivity contribution in [3.63, 3.8) is 0 Å². The van der Waals surface area contributed by atoms with Crippen LogP contribution in [0.2, 0.25) is 0 Å². The SMILES string of the molecule is CN(CC(=O)NC1CC1)C(=O)COC(=O)C1=Cc2ccccc2OC1. The van der Waals surface area contributed by atoms with Crippen molar-refractivity contribution in [3.8, 4) is 5.75 Å². The topological polar surface area (TPSA) is 84.9 Å². The number of nitrogens with one attached hydrogen (secondary N) is 1. The molecule has 1 aliphatic heterocycles. The largest absolute Gasteiger partial charge is 0.488 e. The van der Waals surface area contributed by atoms with Crippen molar-refractivity contribution in [2.24, 2.45) is 0 Å². The molecule has 0 saturated heterocycles. The first-order valence-electron chi connectivity index (χ1n) is 8.16. The van der Waals surface area contributed by atoms with Gasteiger partial charge in [0.2, 0.25) is 5.91 Å². The number of rotatable bonds is 6. The summed E-state index contributed by atoms with van der Waals surface area (Å²) in [5.74, 6) is -0.531. The lowest BCUT2D eigenvalue weighted by atomic mass is 10.1. The van der Waals surface area contributed by atoms with Crippen LogP contribution in [0.1, 0.15) is 18.4 Å². The van der Waals surface area contributed by atoms with E-state index >= 15 is 0 Å². The number of carbonyl (C=O) groups excluding carboxylic acids is 3. The summed E-state index contributed by atoms with van der Waals surface area (Å²) in [5, 5.41) is 2.80. The van der Waals surface area contributed by atoms with Crippen molar-refractivity contribution in [1.82, 2.24) is 10.2 Å². The number of para-hydroxylation sites is 1. The molecule has 1 aromatic rings. The summed E-state index contributed by atoms with van der Waals surface area (Å²) >= 11 is 0. The standard InChI is InChI=1S/C18H20N2O5/c1-20(9-16(21)19-14-6-7-14)17(22)11-25-18(23)13-8-12-4-2-3-5-15(12)24-10-13/h2-5,8,14H,6-7,9-11H2,1H3,(H,19,21). The van der Waals surface area contributed by atoms with Crippen LogP contribution in [0, 0.1) is 0 Å². The monoisotopic (exact) mass is 344 g/mol. The van der Waals surface area contributed by atoms with Crippen LogP contribution < -0.4 is 10.1 Å². The Labute approximate surface area is 145 Å². The zero-order valence-corrected chi connectivity index (χ0v) is 14.0. The van der Waals surface area contributed by atoms with E-state index in [9.17, 15) is 14.4 Å². The maximum absolute atomic E-state index is 12.1. The minimum absolute atomic E-state index is 0.0495. The molecule has 0 spiro atoms. The molecule has 7 heteroatoms. The summed E-state index contributed by atoms with van der Waals surface area (Å²) in [7, 11) is 1.50. The van der Waals surface area contributed by atoms with Gasteiger partial charge in [-0.3, -0.25) is 9.59 Å². The van der Waals surface area contributed by atoms with Crippen LogP contribution in [0.25, 0.3) is 6.08 Å². The number of hydrogen-bond donors (Lipinski definition) is 1. The average molecular weight is 344 g/mol. The highest BCUT2D eigenvalue weighted by Gasteiger charge is 2.25. The summed E-state index contributed by atoms with van der Waals surface area (Å²) in [5.41, 5.74) is 1.14. The molecule has 1 aliphatic carbocycles. The predicted octanol–water partition coefficient (Wildman–Crippen LogP) is 0.743. The van der Waals surface area contributed by atoms with E-state index < -0.39 is 18.5 Å². The van der Waals surface area contributed by atoms with E-state index in [1.54, 1.807) is 6.08 Å². The number of fused-ring (bicyclic) bond motifs is 1. The molecule has 132 valence electrons. The number of ether oxygens (including phenoxy) is 2. The quantitative estimate of drug-likeness (QED) is 0.770. The normalized spacial score (nSPS) is 15.3. The minimum Gasteiger partial charge on any atom is -0.488 e. The van der Waals surface area contributed by atoms with E-state index in [1.807, 2.05) is 24.3 Å². The molecule has 7 nitrogen and oxygen atoms in total. The fourth-order valence-electron chi connectivity index (χ4n) is 2.37. The van der Waals surface area contributed by atoms with Crippen LogP contribution in [-0.2, 0) is 19.1 Å². The van der Waals surface area contributed by atoms with Gasteiger partial charge >= 0.3 is 5.97 Å². The van der Waals surface area contributed by atoms with Gasteiger partial charge in [-0.25, -0.2) is 4.79 Å². The van der Waals surface area contributed by atoms with Gasteiger partial charge in [0.05, 0.1) is 12.1 Å². The van der Waals surface area contributed by atoms with Gasteiger partial charge in [0.25, 0.3) is 5.91 Å². The first kappa shape index (κ1) is 17.0. The third-order valence-electron chi connectivity index (χ3n) is 3.97. The Bertz CT molecular complexity index is 724. The van der Waals surface area contributed by atoms with Crippen LogP contribution in [0.5, 0.6) is 5.75 Å². The van der Waals surface area contributed by atoms with Gasteiger partial charge in [-0.2, -0.15) is 0 Å². The third kappa shape index (κ3) is 4.59. The van der Waals surface area contributed by atoms with Crippen molar-refractivity contribution in [1.29, 1.82) is 0 Å². The number of esters is 1. The summed E-state index contributed by atoms with van der Waals surface area (Å²) in [6.07, 6.45) is 3.67. The van der Waals surface area contributed by atoms with E-state index in [0.29, 0.717) is 11.3 Å². The molecule has 2 aliphatic rings. The maximum Gasteiger partial charge on any atom is 0.338 e. The van der Waals surface area contributed by atoms with E-state index in [2.05, 4.69) is 5.32 Å². The van der Waals surface area contributed by atoms with E-state index in [0.717, 1.165) is 18.4 Å². The second kappa shape index (κ2) is 7.38. The maximum atomic E-state index is 12.1. The first-order chi connectivity index (χ1) is 12.0. The third-order valence-corrected chi connectivity index (χ3v) is 3.97. The molecule has 2 amide bonds. The zero-order chi connectivity index (χ0) is 17.8. The molecule has 1 saturated carbocycles. The number of likely N-dealkylation sites (N-methyl/N-ethyl adjacent to an activating group) is 1. The number of hydrogen-bond acceptors (Lipinski definition) is 5. The highest BCUT2D eigenvalue weighted by atomic mass is 16.5. The molecule has 0 atom stereocenters. The molecule has 1 N–H and O–H groups in total. The van der Waals surface area contributed by atoms with E-state index in [1.165, 1.54) is 11.9 Å². The lowest BCUT2D eigenvalue weighted by molar-refractivity contribution is -0.149. The van der Waals surface area contributed by atoms with Crippen molar-refractivity contribution in [2.75, 3.05) is 26.8 Å². The summed E-state index contributed by atoms with van der Waals surface area (Å²) in [6, 6.07) is 7.59. The Hall–Kier alpha value is -2.83. The first-order valence-corrected chi connectivity index (χ1v) is 8.16. The Morgan fingerprint density at radius 3 is 2.80 bits per heavy atom. The molecule has 0 radical (unpaired) electrons. The van der Waals surface area contributed by atoms with Gasteiger partial charge in [-0.05, 0) is 25.0 Å².